The summed E-state index contributed by atoms with van der Waals surface area (Å²) in [5.74, 6) is -1.27. The van der Waals surface area contributed by atoms with E-state index in [1.54, 1.807) is 19.1 Å². The van der Waals surface area contributed by atoms with Crippen LogP contribution in [0, 0.1) is 12.8 Å². The first kappa shape index (κ1) is 20.6. The van der Waals surface area contributed by atoms with Crippen LogP contribution in [0.15, 0.2) is 18.2 Å². The van der Waals surface area contributed by atoms with Crippen LogP contribution in [0.5, 0.6) is 5.75 Å². The Labute approximate surface area is 168 Å². The van der Waals surface area contributed by atoms with Crippen molar-refractivity contribution in [2.45, 2.75) is 45.3 Å². The molecule has 9 heteroatoms. The molecule has 9 nitrogen and oxygen atoms in total. The molecule has 1 aliphatic heterocycles. The van der Waals surface area contributed by atoms with Gasteiger partial charge >= 0.3 is 12.0 Å². The normalized spacial score (nSPS) is 22.1. The second-order valence-electron chi connectivity index (χ2n) is 7.62. The molecule has 0 unspecified atom stereocenters. The minimum absolute atomic E-state index is 0.0916. The van der Waals surface area contributed by atoms with E-state index in [9.17, 15) is 19.2 Å². The van der Waals surface area contributed by atoms with Crippen LogP contribution in [-0.4, -0.2) is 54.0 Å². The third kappa shape index (κ3) is 4.18. The molecular formula is C20H25N3O6. The average Bonchev–Trinajstić information content (AvgIpc) is 3.48. The van der Waals surface area contributed by atoms with Crippen molar-refractivity contribution in [3.05, 3.63) is 23.8 Å². The number of aryl methyl sites for hydroxylation is 1. The quantitative estimate of drug-likeness (QED) is 0.528. The number of imide groups is 1. The molecule has 3 rings (SSSR count). The summed E-state index contributed by atoms with van der Waals surface area (Å²) < 4.78 is 10.3. The highest BCUT2D eigenvalue weighted by Gasteiger charge is 2.56. The minimum Gasteiger partial charge on any atom is -0.495 e. The second-order valence-corrected chi connectivity index (χ2v) is 7.62. The maximum Gasteiger partial charge on any atom is 0.327 e. The number of nitrogens with one attached hydrogen (secondary N) is 2. The number of esters is 1. The van der Waals surface area contributed by atoms with Crippen LogP contribution in [-0.2, 0) is 19.1 Å². The molecule has 1 saturated heterocycles. The van der Waals surface area contributed by atoms with E-state index in [2.05, 4.69) is 10.6 Å². The molecule has 2 atom stereocenters. The first-order valence-electron chi connectivity index (χ1n) is 9.44. The van der Waals surface area contributed by atoms with Crippen LogP contribution in [0.4, 0.5) is 10.5 Å². The maximum absolute atomic E-state index is 12.6. The van der Waals surface area contributed by atoms with Crippen LogP contribution in [0.25, 0.3) is 0 Å². The lowest BCUT2D eigenvalue weighted by atomic mass is 9.96. The van der Waals surface area contributed by atoms with E-state index in [4.69, 9.17) is 9.47 Å². The number of hydrogen-bond acceptors (Lipinski definition) is 6. The summed E-state index contributed by atoms with van der Waals surface area (Å²) in [6.45, 7) is 4.40. The second kappa shape index (κ2) is 7.73. The van der Waals surface area contributed by atoms with Gasteiger partial charge in [0.1, 0.15) is 17.8 Å². The Bertz CT molecular complexity index is 866. The molecule has 29 heavy (non-hydrogen) atoms. The molecule has 1 aliphatic carbocycles. The fraction of sp³-hybridized carbons (Fsp3) is 0.500. The summed E-state index contributed by atoms with van der Waals surface area (Å²) in [7, 11) is 1.48. The van der Waals surface area contributed by atoms with Crippen LogP contribution in [0.3, 0.4) is 0 Å². The summed E-state index contributed by atoms with van der Waals surface area (Å²) in [5.41, 5.74) is 0.403. The van der Waals surface area contributed by atoms with Crippen molar-refractivity contribution in [1.82, 2.24) is 10.2 Å². The van der Waals surface area contributed by atoms with Gasteiger partial charge in [-0.25, -0.2) is 4.79 Å². The van der Waals surface area contributed by atoms with E-state index in [1.807, 2.05) is 13.0 Å². The summed E-state index contributed by atoms with van der Waals surface area (Å²) in [4.78, 5) is 50.1. The van der Waals surface area contributed by atoms with Gasteiger partial charge in [0.25, 0.3) is 11.8 Å². The number of rotatable bonds is 7. The fourth-order valence-corrected chi connectivity index (χ4v) is 3.37. The number of ether oxygens (including phenoxy) is 2. The topological polar surface area (TPSA) is 114 Å². The third-order valence-electron chi connectivity index (χ3n) is 5.27. The molecule has 1 heterocycles. The lowest BCUT2D eigenvalue weighted by Gasteiger charge is -2.21. The molecule has 0 bridgehead atoms. The van der Waals surface area contributed by atoms with Gasteiger partial charge in [-0.2, -0.15) is 0 Å². The van der Waals surface area contributed by atoms with Gasteiger partial charge in [0.2, 0.25) is 0 Å². The Morgan fingerprint density at radius 3 is 2.66 bits per heavy atom. The Hall–Kier alpha value is -3.10. The van der Waals surface area contributed by atoms with Crippen molar-refractivity contribution in [3.63, 3.8) is 0 Å². The van der Waals surface area contributed by atoms with Gasteiger partial charge in [-0.1, -0.05) is 6.07 Å². The first-order chi connectivity index (χ1) is 13.7. The molecule has 2 fully saturated rings. The van der Waals surface area contributed by atoms with Crippen molar-refractivity contribution < 1.29 is 28.7 Å². The van der Waals surface area contributed by atoms with Crippen LogP contribution >= 0.6 is 0 Å². The molecule has 0 aromatic heterocycles. The molecule has 0 radical (unpaired) electrons. The monoisotopic (exact) mass is 403 g/mol. The van der Waals surface area contributed by atoms with E-state index in [0.717, 1.165) is 23.3 Å². The zero-order valence-electron chi connectivity index (χ0n) is 16.9. The van der Waals surface area contributed by atoms with Crippen LogP contribution in [0.1, 0.15) is 32.3 Å². The summed E-state index contributed by atoms with van der Waals surface area (Å²) >= 11 is 0. The molecule has 0 spiro atoms. The van der Waals surface area contributed by atoms with Crippen molar-refractivity contribution in [3.8, 4) is 5.75 Å². The van der Waals surface area contributed by atoms with Gasteiger partial charge in [0.05, 0.1) is 12.8 Å². The summed E-state index contributed by atoms with van der Waals surface area (Å²) in [5, 5.41) is 5.31. The van der Waals surface area contributed by atoms with Crippen LogP contribution in [0.2, 0.25) is 0 Å². The molecule has 1 aromatic carbocycles. The number of benzene rings is 1. The average molecular weight is 403 g/mol. The lowest BCUT2D eigenvalue weighted by molar-refractivity contribution is -0.155. The van der Waals surface area contributed by atoms with Gasteiger partial charge in [0, 0.05) is 0 Å². The number of nitrogens with zero attached hydrogens (tertiary/aromatic N) is 1. The van der Waals surface area contributed by atoms with Crippen molar-refractivity contribution in [2.24, 2.45) is 5.92 Å². The molecule has 1 saturated carbocycles. The minimum atomic E-state index is -1.12. The van der Waals surface area contributed by atoms with Gasteiger partial charge in [-0.3, -0.25) is 19.3 Å². The van der Waals surface area contributed by atoms with Gasteiger partial charge in [0.15, 0.2) is 6.10 Å². The summed E-state index contributed by atoms with van der Waals surface area (Å²) in [6, 6.07) is 4.67. The molecular weight excluding hydrogens is 378 g/mol. The van der Waals surface area contributed by atoms with Crippen molar-refractivity contribution in [2.75, 3.05) is 19.0 Å². The molecule has 4 amide bonds. The van der Waals surface area contributed by atoms with E-state index < -0.39 is 42.0 Å². The van der Waals surface area contributed by atoms with Gasteiger partial charge in [-0.15, -0.1) is 0 Å². The number of carbonyl (C=O) groups is 4. The number of anilines is 1. The predicted molar refractivity (Wildman–Crippen MR) is 103 cm³/mol. The summed E-state index contributed by atoms with van der Waals surface area (Å²) in [6.07, 6.45) is 0.601. The highest BCUT2D eigenvalue weighted by atomic mass is 16.5. The number of methoxy groups -OCH3 is 1. The van der Waals surface area contributed by atoms with Crippen molar-refractivity contribution in [1.29, 1.82) is 0 Å². The standard InChI is InChI=1S/C20H25N3O6/c1-11-5-8-15(28-4)14(9-11)21-17(25)12(2)29-16(24)10-23-18(26)20(3,13-6-7-13)22-19(23)27/h5,8-9,12-13H,6-7,10H2,1-4H3,(H,21,25)(H,22,27)/t12-,20-/m0/s1. The molecule has 156 valence electrons. The highest BCUT2D eigenvalue weighted by molar-refractivity contribution is 6.09. The van der Waals surface area contributed by atoms with E-state index in [1.165, 1.54) is 14.0 Å². The molecule has 2 N–H and O–H groups in total. The Kier molecular flexibility index (Phi) is 5.50. The lowest BCUT2D eigenvalue weighted by Crippen LogP contribution is -2.46. The SMILES string of the molecule is COc1ccc(C)cc1NC(=O)[C@H](C)OC(=O)CN1C(=O)N[C@@](C)(C2CC2)C1=O. The predicted octanol–water partition coefficient (Wildman–Crippen LogP) is 1.59. The zero-order valence-corrected chi connectivity index (χ0v) is 16.9. The smallest absolute Gasteiger partial charge is 0.327 e. The van der Waals surface area contributed by atoms with Gasteiger partial charge in [-0.05, 0) is 57.2 Å². The first-order valence-corrected chi connectivity index (χ1v) is 9.44. The fourth-order valence-electron chi connectivity index (χ4n) is 3.37. The number of hydrogen-bond donors (Lipinski definition) is 2. The van der Waals surface area contributed by atoms with E-state index >= 15 is 0 Å². The Morgan fingerprint density at radius 1 is 1.34 bits per heavy atom. The third-order valence-corrected chi connectivity index (χ3v) is 5.27. The van der Waals surface area contributed by atoms with E-state index in [-0.39, 0.29) is 5.92 Å². The van der Waals surface area contributed by atoms with Gasteiger partial charge < -0.3 is 20.1 Å². The Balaban J connectivity index is 1.58. The highest BCUT2D eigenvalue weighted by Crippen LogP contribution is 2.42. The van der Waals surface area contributed by atoms with E-state index in [0.29, 0.717) is 11.4 Å². The molecule has 2 aliphatic rings. The number of carbonyl (C=O) groups excluding carboxylic acids is 4. The van der Waals surface area contributed by atoms with Crippen molar-refractivity contribution >= 4 is 29.5 Å². The van der Waals surface area contributed by atoms with Crippen LogP contribution < -0.4 is 15.4 Å². The number of amides is 4. The maximum atomic E-state index is 12.6. The molecule has 1 aromatic rings. The number of urea groups is 1. The zero-order chi connectivity index (χ0) is 21.3. The largest absolute Gasteiger partial charge is 0.495 e. The Morgan fingerprint density at radius 2 is 2.03 bits per heavy atom.